The highest BCUT2D eigenvalue weighted by atomic mass is 14.9. The maximum atomic E-state index is 5.34. The Balaban J connectivity index is 1.19. The predicted octanol–water partition coefficient (Wildman–Crippen LogP) is 12.2. The van der Waals surface area contributed by atoms with Gasteiger partial charge in [-0.15, -0.1) is 0 Å². The van der Waals surface area contributed by atoms with Crippen molar-refractivity contribution in [3.8, 4) is 56.4 Å². The van der Waals surface area contributed by atoms with Crippen molar-refractivity contribution in [1.82, 2.24) is 19.9 Å². The van der Waals surface area contributed by atoms with Gasteiger partial charge in [-0.25, -0.2) is 19.9 Å². The second-order valence-electron chi connectivity index (χ2n) is 13.1. The Labute approximate surface area is 300 Å². The van der Waals surface area contributed by atoms with Gasteiger partial charge in [0.15, 0.2) is 5.82 Å². The number of fused-ring (bicyclic) bond motifs is 6. The maximum Gasteiger partial charge on any atom is 0.160 e. The van der Waals surface area contributed by atoms with Crippen molar-refractivity contribution in [1.29, 1.82) is 0 Å². The summed E-state index contributed by atoms with van der Waals surface area (Å²) in [6.45, 7) is 0. The fourth-order valence-electron chi connectivity index (χ4n) is 7.25. The molecule has 3 aromatic heterocycles. The fourth-order valence-corrected chi connectivity index (χ4v) is 7.25. The summed E-state index contributed by atoms with van der Waals surface area (Å²) in [6, 6.07) is 63.2. The zero-order valence-corrected chi connectivity index (χ0v) is 28.1. The second kappa shape index (κ2) is 12.4. The first kappa shape index (κ1) is 29.8. The predicted molar refractivity (Wildman–Crippen MR) is 215 cm³/mol. The molecule has 4 heteroatoms. The van der Waals surface area contributed by atoms with Crippen LogP contribution in [0.3, 0.4) is 0 Å². The molecular weight excluding hydrogens is 633 g/mol. The highest BCUT2D eigenvalue weighted by molar-refractivity contribution is 6.21. The summed E-state index contributed by atoms with van der Waals surface area (Å²) >= 11 is 0. The minimum atomic E-state index is 0.693. The highest BCUT2D eigenvalue weighted by Crippen LogP contribution is 2.39. The molecule has 52 heavy (non-hydrogen) atoms. The Morgan fingerprint density at radius 3 is 1.63 bits per heavy atom. The van der Waals surface area contributed by atoms with Gasteiger partial charge < -0.3 is 0 Å². The monoisotopic (exact) mass is 662 g/mol. The number of aromatic nitrogens is 4. The molecule has 0 saturated heterocycles. The number of pyridine rings is 2. The first-order valence-electron chi connectivity index (χ1n) is 17.5. The lowest BCUT2D eigenvalue weighted by molar-refractivity contribution is 1.18. The molecule has 0 spiro atoms. The van der Waals surface area contributed by atoms with Crippen LogP contribution in [0.5, 0.6) is 0 Å². The van der Waals surface area contributed by atoms with Crippen LogP contribution in [-0.2, 0) is 0 Å². The van der Waals surface area contributed by atoms with Crippen LogP contribution in [-0.4, -0.2) is 19.9 Å². The van der Waals surface area contributed by atoms with E-state index in [1.807, 2.05) is 42.5 Å². The molecule has 242 valence electrons. The first-order valence-corrected chi connectivity index (χ1v) is 17.5. The molecule has 0 radical (unpaired) electrons. The molecule has 0 fully saturated rings. The summed E-state index contributed by atoms with van der Waals surface area (Å²) in [5, 5.41) is 6.77. The van der Waals surface area contributed by atoms with Crippen LogP contribution in [0.4, 0.5) is 0 Å². The molecule has 10 aromatic rings. The van der Waals surface area contributed by atoms with E-state index in [0.29, 0.717) is 5.82 Å². The molecule has 4 nitrogen and oxygen atoms in total. The number of benzene rings is 7. The summed E-state index contributed by atoms with van der Waals surface area (Å²) in [4.78, 5) is 20.7. The van der Waals surface area contributed by atoms with E-state index in [1.54, 1.807) is 0 Å². The normalized spacial score (nSPS) is 11.5. The van der Waals surface area contributed by atoms with Gasteiger partial charge in [-0.3, -0.25) is 0 Å². The molecule has 0 bridgehead atoms. The molecule has 0 unspecified atom stereocenters. The zero-order chi connectivity index (χ0) is 34.4. The molecule has 0 saturated carbocycles. The van der Waals surface area contributed by atoms with Crippen molar-refractivity contribution in [2.45, 2.75) is 0 Å². The molecule has 0 aliphatic rings. The van der Waals surface area contributed by atoms with Crippen LogP contribution in [0.1, 0.15) is 0 Å². The Bertz CT molecular complexity index is 2880. The molecule has 0 N–H and O–H groups in total. The van der Waals surface area contributed by atoms with E-state index in [-0.39, 0.29) is 0 Å². The van der Waals surface area contributed by atoms with Gasteiger partial charge in [0.05, 0.1) is 33.8 Å². The van der Waals surface area contributed by atoms with E-state index >= 15 is 0 Å². The van der Waals surface area contributed by atoms with E-state index in [2.05, 4.69) is 140 Å². The molecule has 7 aromatic carbocycles. The van der Waals surface area contributed by atoms with Crippen molar-refractivity contribution in [3.05, 3.63) is 182 Å². The maximum absolute atomic E-state index is 5.34. The van der Waals surface area contributed by atoms with Crippen molar-refractivity contribution in [3.63, 3.8) is 0 Å². The smallest absolute Gasteiger partial charge is 0.160 e. The quantitative estimate of drug-likeness (QED) is 0.172. The average molecular weight is 663 g/mol. The van der Waals surface area contributed by atoms with Crippen LogP contribution in [0.25, 0.3) is 99.8 Å². The standard InChI is InChI=1S/C48H30N4/c1-4-13-32(14-5-1)44-30-45(52-48(51-44)34-17-8-3-9-18-34)37-22-25-43-40(29-37)38-23-27-42-39(46(38)47(50-43)33-15-6-2-7-16-33)24-26-41(49-42)36-21-20-31-12-10-11-19-35(31)28-36/h1-30H. The van der Waals surface area contributed by atoms with Crippen LogP contribution in [0, 0.1) is 0 Å². The van der Waals surface area contributed by atoms with Gasteiger partial charge in [-0.2, -0.15) is 0 Å². The summed E-state index contributed by atoms with van der Waals surface area (Å²) in [5.74, 6) is 0.693. The average Bonchev–Trinajstić information content (AvgIpc) is 3.23. The molecule has 10 rings (SSSR count). The third kappa shape index (κ3) is 5.26. The van der Waals surface area contributed by atoms with Crippen LogP contribution in [0.2, 0.25) is 0 Å². The Hall–Kier alpha value is -7.04. The Kier molecular flexibility index (Phi) is 7.10. The summed E-state index contributed by atoms with van der Waals surface area (Å²) in [6.07, 6.45) is 0. The lowest BCUT2D eigenvalue weighted by Gasteiger charge is -2.15. The van der Waals surface area contributed by atoms with Gasteiger partial charge in [0.25, 0.3) is 0 Å². The second-order valence-corrected chi connectivity index (χ2v) is 13.1. The molecular formula is C48H30N4. The zero-order valence-electron chi connectivity index (χ0n) is 28.1. The van der Waals surface area contributed by atoms with Crippen molar-refractivity contribution in [2.75, 3.05) is 0 Å². The lowest BCUT2D eigenvalue weighted by Crippen LogP contribution is -1.96. The lowest BCUT2D eigenvalue weighted by atomic mass is 9.95. The van der Waals surface area contributed by atoms with Gasteiger partial charge in [-0.05, 0) is 58.6 Å². The SMILES string of the molecule is c1ccc(-c2cc(-c3ccc4nc(-c5ccccc5)c5c6ccc(-c7ccc8ccccc8c7)nc6ccc5c4c3)nc(-c3ccccc3)n2)cc1. The molecule has 0 aliphatic carbocycles. The number of hydrogen-bond acceptors (Lipinski definition) is 4. The van der Waals surface area contributed by atoms with Crippen LogP contribution < -0.4 is 0 Å². The van der Waals surface area contributed by atoms with E-state index in [4.69, 9.17) is 19.9 Å². The molecule has 0 amide bonds. The molecule has 0 aliphatic heterocycles. The summed E-state index contributed by atoms with van der Waals surface area (Å²) in [7, 11) is 0. The summed E-state index contributed by atoms with van der Waals surface area (Å²) < 4.78 is 0. The van der Waals surface area contributed by atoms with Crippen LogP contribution >= 0.6 is 0 Å². The van der Waals surface area contributed by atoms with Gasteiger partial charge in [0, 0.05) is 44.0 Å². The fraction of sp³-hybridized carbons (Fsp3) is 0. The van der Waals surface area contributed by atoms with Gasteiger partial charge in [0.1, 0.15) is 0 Å². The molecule has 3 heterocycles. The van der Waals surface area contributed by atoms with Crippen LogP contribution in [0.15, 0.2) is 182 Å². The van der Waals surface area contributed by atoms with Gasteiger partial charge in [0.2, 0.25) is 0 Å². The Morgan fingerprint density at radius 2 is 0.865 bits per heavy atom. The summed E-state index contributed by atoms with van der Waals surface area (Å²) in [5.41, 5.74) is 10.7. The van der Waals surface area contributed by atoms with Crippen molar-refractivity contribution in [2.24, 2.45) is 0 Å². The molecule has 0 atom stereocenters. The first-order chi connectivity index (χ1) is 25.7. The minimum Gasteiger partial charge on any atom is -0.248 e. The number of hydrogen-bond donors (Lipinski definition) is 0. The van der Waals surface area contributed by atoms with E-state index in [1.165, 1.54) is 10.8 Å². The minimum absolute atomic E-state index is 0.693. The van der Waals surface area contributed by atoms with Gasteiger partial charge >= 0.3 is 0 Å². The van der Waals surface area contributed by atoms with E-state index in [9.17, 15) is 0 Å². The topological polar surface area (TPSA) is 51.6 Å². The van der Waals surface area contributed by atoms with Crippen molar-refractivity contribution < 1.29 is 0 Å². The van der Waals surface area contributed by atoms with E-state index in [0.717, 1.165) is 83.2 Å². The highest BCUT2D eigenvalue weighted by Gasteiger charge is 2.17. The third-order valence-electron chi connectivity index (χ3n) is 9.84. The van der Waals surface area contributed by atoms with Crippen molar-refractivity contribution >= 4 is 43.4 Å². The van der Waals surface area contributed by atoms with Gasteiger partial charge in [-0.1, -0.05) is 140 Å². The van der Waals surface area contributed by atoms with E-state index < -0.39 is 0 Å². The Morgan fingerprint density at radius 1 is 0.288 bits per heavy atom. The number of rotatable bonds is 5. The number of nitrogens with zero attached hydrogens (tertiary/aromatic N) is 4. The largest absolute Gasteiger partial charge is 0.248 e. The third-order valence-corrected chi connectivity index (χ3v) is 9.84.